The van der Waals surface area contributed by atoms with Gasteiger partial charge in [-0.1, -0.05) is 0 Å². The van der Waals surface area contributed by atoms with Gasteiger partial charge in [0.15, 0.2) is 5.82 Å². The molecule has 0 spiro atoms. The quantitative estimate of drug-likeness (QED) is 0.863. The Morgan fingerprint density at radius 1 is 1.42 bits per heavy atom. The molecule has 0 amide bonds. The van der Waals surface area contributed by atoms with Crippen molar-refractivity contribution in [3.05, 3.63) is 29.3 Å². The van der Waals surface area contributed by atoms with Gasteiger partial charge in [-0.2, -0.15) is 0 Å². The van der Waals surface area contributed by atoms with E-state index in [2.05, 4.69) is 4.72 Å². The maximum atomic E-state index is 14.0. The Hall–Kier alpha value is -1.05. The summed E-state index contributed by atoms with van der Waals surface area (Å²) in [6, 6.07) is 1.59. The minimum Gasteiger partial charge on any atom is -0.326 e. The van der Waals surface area contributed by atoms with E-state index in [9.17, 15) is 17.2 Å². The lowest BCUT2D eigenvalue weighted by molar-refractivity contribution is 0.512. The molecule has 0 aromatic heterocycles. The van der Waals surface area contributed by atoms with Crippen LogP contribution in [0.25, 0.3) is 0 Å². The predicted molar refractivity (Wildman–Crippen MR) is 66.8 cm³/mol. The van der Waals surface area contributed by atoms with Crippen LogP contribution in [-0.4, -0.2) is 14.5 Å². The summed E-state index contributed by atoms with van der Waals surface area (Å²) < 4.78 is 53.8. The molecule has 106 valence electrons. The maximum absolute atomic E-state index is 14.0. The minimum absolute atomic E-state index is 0.254. The minimum atomic E-state index is -3.99. The van der Waals surface area contributed by atoms with Gasteiger partial charge >= 0.3 is 0 Å². The summed E-state index contributed by atoms with van der Waals surface area (Å²) in [6.07, 6.45) is 1.92. The second kappa shape index (κ2) is 5.15. The molecule has 1 aromatic carbocycles. The number of sulfonamides is 1. The van der Waals surface area contributed by atoms with Crippen molar-refractivity contribution in [3.8, 4) is 0 Å². The average Bonchev–Trinajstić information content (AvgIpc) is 3.12. The van der Waals surface area contributed by atoms with Gasteiger partial charge in [0, 0.05) is 18.2 Å². The van der Waals surface area contributed by atoms with Gasteiger partial charge in [-0.05, 0) is 37.8 Å². The van der Waals surface area contributed by atoms with Crippen LogP contribution in [0.15, 0.2) is 17.0 Å². The normalized spacial score (nSPS) is 17.5. The highest BCUT2D eigenvalue weighted by Crippen LogP contribution is 2.33. The topological polar surface area (TPSA) is 72.2 Å². The van der Waals surface area contributed by atoms with E-state index in [4.69, 9.17) is 5.73 Å². The molecular formula is C12H16F2N2O2S. The molecule has 2 rings (SSSR count). The Labute approximate surface area is 111 Å². The molecule has 1 aromatic rings. The van der Waals surface area contributed by atoms with E-state index < -0.39 is 32.1 Å². The molecular weight excluding hydrogens is 274 g/mol. The van der Waals surface area contributed by atoms with Crippen molar-refractivity contribution in [2.75, 3.05) is 0 Å². The van der Waals surface area contributed by atoms with E-state index >= 15 is 0 Å². The molecule has 0 bridgehead atoms. The zero-order valence-corrected chi connectivity index (χ0v) is 11.3. The Morgan fingerprint density at radius 3 is 2.58 bits per heavy atom. The summed E-state index contributed by atoms with van der Waals surface area (Å²) in [5, 5.41) is 0. The lowest BCUT2D eigenvalue weighted by Crippen LogP contribution is -2.34. The lowest BCUT2D eigenvalue weighted by Gasteiger charge is -2.15. The number of benzene rings is 1. The van der Waals surface area contributed by atoms with Crippen LogP contribution >= 0.6 is 0 Å². The van der Waals surface area contributed by atoms with Crippen LogP contribution in [0.2, 0.25) is 0 Å². The SMILES string of the molecule is CC(NS(=O)(=O)c1ccc(F)c(CN)c1F)C1CC1. The van der Waals surface area contributed by atoms with Gasteiger partial charge in [-0.3, -0.25) is 0 Å². The van der Waals surface area contributed by atoms with Crippen molar-refractivity contribution >= 4 is 10.0 Å². The zero-order chi connectivity index (χ0) is 14.2. The van der Waals surface area contributed by atoms with E-state index in [1.54, 1.807) is 6.92 Å². The predicted octanol–water partition coefficient (Wildman–Crippen LogP) is 1.50. The standard InChI is InChI=1S/C12H16F2N2O2S/c1-7(8-2-3-8)16-19(17,18)11-5-4-10(13)9(6-15)12(11)14/h4-5,7-8,16H,2-3,6,15H2,1H3. The maximum Gasteiger partial charge on any atom is 0.243 e. The Bertz CT molecular complexity index is 586. The number of halogens is 2. The number of rotatable bonds is 5. The number of hydrogen-bond acceptors (Lipinski definition) is 3. The first-order valence-electron chi connectivity index (χ1n) is 6.06. The monoisotopic (exact) mass is 290 g/mol. The average molecular weight is 290 g/mol. The van der Waals surface area contributed by atoms with Gasteiger partial charge in [0.1, 0.15) is 10.7 Å². The highest BCUT2D eigenvalue weighted by molar-refractivity contribution is 7.89. The Morgan fingerprint density at radius 2 is 2.05 bits per heavy atom. The number of nitrogens with one attached hydrogen (secondary N) is 1. The molecule has 1 atom stereocenters. The van der Waals surface area contributed by atoms with E-state index in [1.807, 2.05) is 0 Å². The van der Waals surface area contributed by atoms with Crippen LogP contribution < -0.4 is 10.5 Å². The van der Waals surface area contributed by atoms with E-state index in [0.29, 0.717) is 5.92 Å². The summed E-state index contributed by atoms with van der Waals surface area (Å²) in [6.45, 7) is 1.35. The van der Waals surface area contributed by atoms with Gasteiger partial charge in [0.05, 0.1) is 0 Å². The van der Waals surface area contributed by atoms with Crippen LogP contribution in [0.1, 0.15) is 25.3 Å². The van der Waals surface area contributed by atoms with Crippen molar-refractivity contribution < 1.29 is 17.2 Å². The highest BCUT2D eigenvalue weighted by Gasteiger charge is 2.32. The summed E-state index contributed by atoms with van der Waals surface area (Å²) in [7, 11) is -3.99. The fourth-order valence-electron chi connectivity index (χ4n) is 1.97. The molecule has 1 aliphatic carbocycles. The van der Waals surface area contributed by atoms with Gasteiger partial charge in [0.25, 0.3) is 0 Å². The second-order valence-electron chi connectivity index (χ2n) is 4.79. The highest BCUT2D eigenvalue weighted by atomic mass is 32.2. The molecule has 19 heavy (non-hydrogen) atoms. The number of nitrogens with two attached hydrogens (primary N) is 1. The van der Waals surface area contributed by atoms with Crippen LogP contribution in [0.4, 0.5) is 8.78 Å². The molecule has 0 aliphatic heterocycles. The van der Waals surface area contributed by atoms with Crippen molar-refractivity contribution in [1.29, 1.82) is 0 Å². The molecule has 1 saturated carbocycles. The first-order valence-corrected chi connectivity index (χ1v) is 7.54. The summed E-state index contributed by atoms with van der Waals surface area (Å²) >= 11 is 0. The molecule has 4 nitrogen and oxygen atoms in total. The fraction of sp³-hybridized carbons (Fsp3) is 0.500. The van der Waals surface area contributed by atoms with Gasteiger partial charge in [-0.25, -0.2) is 21.9 Å². The molecule has 1 fully saturated rings. The van der Waals surface area contributed by atoms with Gasteiger partial charge in [0.2, 0.25) is 10.0 Å². The van der Waals surface area contributed by atoms with Gasteiger partial charge in [-0.15, -0.1) is 0 Å². The zero-order valence-electron chi connectivity index (χ0n) is 10.5. The lowest BCUT2D eigenvalue weighted by atomic mass is 10.2. The Balaban J connectivity index is 2.34. The fourth-order valence-corrected chi connectivity index (χ4v) is 3.39. The summed E-state index contributed by atoms with van der Waals surface area (Å²) in [4.78, 5) is -0.554. The van der Waals surface area contributed by atoms with Crippen LogP contribution in [0.3, 0.4) is 0 Å². The molecule has 0 radical (unpaired) electrons. The molecule has 7 heteroatoms. The molecule has 3 N–H and O–H groups in total. The van der Waals surface area contributed by atoms with Crippen molar-refractivity contribution in [2.45, 2.75) is 37.2 Å². The third-order valence-electron chi connectivity index (χ3n) is 3.31. The van der Waals surface area contributed by atoms with E-state index in [1.165, 1.54) is 0 Å². The van der Waals surface area contributed by atoms with Crippen LogP contribution in [-0.2, 0) is 16.6 Å². The molecule has 0 heterocycles. The van der Waals surface area contributed by atoms with Gasteiger partial charge < -0.3 is 5.73 Å². The summed E-state index contributed by atoms with van der Waals surface area (Å²) in [5.74, 6) is -1.65. The van der Waals surface area contributed by atoms with Crippen LogP contribution in [0.5, 0.6) is 0 Å². The molecule has 0 saturated heterocycles. The third-order valence-corrected chi connectivity index (χ3v) is 4.89. The van der Waals surface area contributed by atoms with Crippen molar-refractivity contribution in [2.24, 2.45) is 11.7 Å². The van der Waals surface area contributed by atoms with Crippen LogP contribution in [0, 0.1) is 17.6 Å². The smallest absolute Gasteiger partial charge is 0.243 e. The molecule has 1 aliphatic rings. The summed E-state index contributed by atoms with van der Waals surface area (Å²) in [5.41, 5.74) is 4.81. The first kappa shape index (κ1) is 14.4. The first-order chi connectivity index (χ1) is 8.86. The van der Waals surface area contributed by atoms with E-state index in [0.717, 1.165) is 25.0 Å². The Kier molecular flexibility index (Phi) is 3.89. The number of hydrogen-bond donors (Lipinski definition) is 2. The van der Waals surface area contributed by atoms with Crippen molar-refractivity contribution in [3.63, 3.8) is 0 Å². The third kappa shape index (κ3) is 2.93. The largest absolute Gasteiger partial charge is 0.326 e. The van der Waals surface area contributed by atoms with Crippen molar-refractivity contribution in [1.82, 2.24) is 4.72 Å². The second-order valence-corrected chi connectivity index (χ2v) is 6.47. The van der Waals surface area contributed by atoms with E-state index in [-0.39, 0.29) is 12.6 Å². The molecule has 1 unspecified atom stereocenters.